The van der Waals surface area contributed by atoms with Crippen LogP contribution in [0.2, 0.25) is 10.0 Å². The second kappa shape index (κ2) is 11.6. The van der Waals surface area contributed by atoms with Gasteiger partial charge in [-0.25, -0.2) is 5.43 Å². The Morgan fingerprint density at radius 2 is 1.91 bits per heavy atom. The first-order valence-corrected chi connectivity index (χ1v) is 13.0. The number of carbonyl (C=O) groups excluding carboxylic acids is 1. The molecular formula is C25H18BrCl2IN2O4. The molecule has 0 saturated heterocycles. The van der Waals surface area contributed by atoms with Crippen LogP contribution in [0.3, 0.4) is 0 Å². The van der Waals surface area contributed by atoms with Gasteiger partial charge in [0, 0.05) is 14.9 Å². The minimum Gasteiger partial charge on any atom is -0.490 e. The van der Waals surface area contributed by atoms with Crippen LogP contribution in [0.5, 0.6) is 11.5 Å². The largest absolute Gasteiger partial charge is 0.490 e. The van der Waals surface area contributed by atoms with E-state index in [4.69, 9.17) is 37.1 Å². The lowest BCUT2D eigenvalue weighted by atomic mass is 10.2. The molecular weight excluding hydrogens is 670 g/mol. The van der Waals surface area contributed by atoms with Crippen LogP contribution in [0.15, 0.2) is 68.6 Å². The zero-order chi connectivity index (χ0) is 24.9. The monoisotopic (exact) mass is 686 g/mol. The zero-order valence-corrected chi connectivity index (χ0v) is 23.5. The first kappa shape index (κ1) is 25.8. The Bertz CT molecular complexity index is 1410. The number of amides is 1. The molecule has 0 unspecified atom stereocenters. The van der Waals surface area contributed by atoms with Crippen molar-refractivity contribution in [3.63, 3.8) is 0 Å². The summed E-state index contributed by atoms with van der Waals surface area (Å²) in [5.74, 6) is 0.586. The molecule has 1 heterocycles. The van der Waals surface area contributed by atoms with Crippen molar-refractivity contribution in [2.75, 3.05) is 6.61 Å². The summed E-state index contributed by atoms with van der Waals surface area (Å²) in [5.41, 5.74) is 4.68. The molecule has 0 saturated carbocycles. The van der Waals surface area contributed by atoms with Crippen molar-refractivity contribution >= 4 is 84.8 Å². The smallest absolute Gasteiger partial charge is 0.307 e. The molecule has 0 radical (unpaired) electrons. The normalized spacial score (nSPS) is 11.2. The number of furan rings is 1. The number of nitrogens with zero attached hydrogens (tertiary/aromatic N) is 1. The van der Waals surface area contributed by atoms with Crippen molar-refractivity contribution in [2.24, 2.45) is 5.10 Å². The van der Waals surface area contributed by atoms with Gasteiger partial charge in [-0.3, -0.25) is 4.79 Å². The molecule has 4 aromatic rings. The molecule has 35 heavy (non-hydrogen) atoms. The van der Waals surface area contributed by atoms with Crippen LogP contribution in [-0.4, -0.2) is 18.7 Å². The fourth-order valence-electron chi connectivity index (χ4n) is 3.21. The van der Waals surface area contributed by atoms with Gasteiger partial charge in [0.25, 0.3) is 0 Å². The minimum absolute atomic E-state index is 0.159. The molecule has 0 aliphatic carbocycles. The van der Waals surface area contributed by atoms with Gasteiger partial charge in [-0.15, -0.1) is 0 Å². The van der Waals surface area contributed by atoms with Gasteiger partial charge in [-0.1, -0.05) is 51.3 Å². The number of hydrogen-bond donors (Lipinski definition) is 1. The van der Waals surface area contributed by atoms with Crippen molar-refractivity contribution < 1.29 is 18.7 Å². The first-order chi connectivity index (χ1) is 16.8. The summed E-state index contributed by atoms with van der Waals surface area (Å²) >= 11 is 18.0. The molecule has 180 valence electrons. The predicted molar refractivity (Wildman–Crippen MR) is 150 cm³/mol. The number of benzene rings is 3. The fraction of sp³-hybridized carbons (Fsp3) is 0.120. The van der Waals surface area contributed by atoms with Crippen molar-refractivity contribution in [3.8, 4) is 11.5 Å². The van der Waals surface area contributed by atoms with Gasteiger partial charge < -0.3 is 13.9 Å². The number of hydrogen-bond acceptors (Lipinski definition) is 5. The molecule has 3 aromatic carbocycles. The molecule has 0 aliphatic heterocycles. The molecule has 1 amide bonds. The van der Waals surface area contributed by atoms with E-state index in [9.17, 15) is 4.79 Å². The van der Waals surface area contributed by atoms with Crippen LogP contribution in [0, 0.1) is 3.57 Å². The summed E-state index contributed by atoms with van der Waals surface area (Å²) in [6, 6.07) is 16.2. The van der Waals surface area contributed by atoms with E-state index in [-0.39, 0.29) is 5.76 Å². The van der Waals surface area contributed by atoms with E-state index in [1.807, 2.05) is 31.2 Å². The molecule has 10 heteroatoms. The van der Waals surface area contributed by atoms with Crippen LogP contribution in [-0.2, 0) is 6.61 Å². The molecule has 1 N–H and O–H groups in total. The predicted octanol–water partition coefficient (Wildman–Crippen LogP) is 7.85. The molecule has 0 spiro atoms. The van der Waals surface area contributed by atoms with Gasteiger partial charge >= 0.3 is 5.91 Å². The van der Waals surface area contributed by atoms with Crippen molar-refractivity contribution in [1.82, 2.24) is 5.43 Å². The first-order valence-electron chi connectivity index (χ1n) is 10.4. The highest BCUT2D eigenvalue weighted by molar-refractivity contribution is 14.1. The summed E-state index contributed by atoms with van der Waals surface area (Å²) in [4.78, 5) is 12.5. The van der Waals surface area contributed by atoms with E-state index in [2.05, 4.69) is 49.0 Å². The number of hydrazone groups is 1. The summed E-state index contributed by atoms with van der Waals surface area (Å²) in [5, 5.41) is 5.87. The quantitative estimate of drug-likeness (QED) is 0.116. The Hall–Kier alpha value is -2.27. The molecule has 6 nitrogen and oxygen atoms in total. The van der Waals surface area contributed by atoms with E-state index in [1.54, 1.807) is 30.3 Å². The number of carbonyl (C=O) groups is 1. The minimum atomic E-state index is -0.469. The maximum atomic E-state index is 12.5. The van der Waals surface area contributed by atoms with Gasteiger partial charge in [0.1, 0.15) is 12.2 Å². The Balaban J connectivity index is 1.47. The SMILES string of the molecule is CCOc1cc(/C=N\NC(=O)c2cc3cc(Br)cc(I)c3o2)cc(Cl)c1OCc1ccc(Cl)cc1. The molecule has 0 aliphatic rings. The number of ether oxygens (including phenoxy) is 2. The number of rotatable bonds is 8. The topological polar surface area (TPSA) is 73.1 Å². The van der Waals surface area contributed by atoms with E-state index in [1.165, 1.54) is 6.21 Å². The maximum absolute atomic E-state index is 12.5. The van der Waals surface area contributed by atoms with Crippen molar-refractivity contribution in [2.45, 2.75) is 13.5 Å². The Morgan fingerprint density at radius 1 is 1.14 bits per heavy atom. The van der Waals surface area contributed by atoms with Gasteiger partial charge in [0.05, 0.1) is 21.4 Å². The molecule has 4 rings (SSSR count). The summed E-state index contributed by atoms with van der Waals surface area (Å²) in [7, 11) is 0. The fourth-order valence-corrected chi connectivity index (χ4v) is 5.27. The Kier molecular flexibility index (Phi) is 8.59. The van der Waals surface area contributed by atoms with Crippen LogP contribution in [0.25, 0.3) is 11.0 Å². The molecule has 0 atom stereocenters. The van der Waals surface area contributed by atoms with Gasteiger partial charge in [-0.05, 0) is 83.1 Å². The number of nitrogens with one attached hydrogen (secondary N) is 1. The average molecular weight is 688 g/mol. The van der Waals surface area contributed by atoms with Gasteiger partial charge in [0.15, 0.2) is 17.3 Å². The third-order valence-electron chi connectivity index (χ3n) is 4.77. The molecule has 0 fully saturated rings. The summed E-state index contributed by atoms with van der Waals surface area (Å²) in [6.45, 7) is 2.59. The molecule has 0 bridgehead atoms. The van der Waals surface area contributed by atoms with E-state index in [0.717, 1.165) is 19.0 Å². The molecule has 1 aromatic heterocycles. The zero-order valence-electron chi connectivity index (χ0n) is 18.3. The third kappa shape index (κ3) is 6.49. The standard InChI is InChI=1S/C25H18BrCl2IN2O4/c1-2-33-21-8-15(7-19(28)24(21)34-13-14-3-5-18(27)6-4-14)12-30-31-25(32)22-10-16-9-17(26)11-20(29)23(16)35-22/h3-12H,2,13H2,1H3,(H,31,32)/b30-12-. The highest BCUT2D eigenvalue weighted by Crippen LogP contribution is 2.37. The van der Waals surface area contributed by atoms with Crippen LogP contribution >= 0.6 is 61.7 Å². The third-order valence-corrected chi connectivity index (χ3v) is 6.56. The average Bonchev–Trinajstić information content (AvgIpc) is 3.24. The van der Waals surface area contributed by atoms with Gasteiger partial charge in [0.2, 0.25) is 0 Å². The second-order valence-corrected chi connectivity index (χ2v) is 10.2. The second-order valence-electron chi connectivity index (χ2n) is 7.29. The Labute approximate surface area is 233 Å². The van der Waals surface area contributed by atoms with Crippen molar-refractivity contribution in [1.29, 1.82) is 0 Å². The maximum Gasteiger partial charge on any atom is 0.307 e. The van der Waals surface area contributed by atoms with Crippen LogP contribution in [0.1, 0.15) is 28.6 Å². The Morgan fingerprint density at radius 3 is 2.66 bits per heavy atom. The summed E-state index contributed by atoms with van der Waals surface area (Å²) < 4.78 is 19.1. The van der Waals surface area contributed by atoms with E-state index < -0.39 is 5.91 Å². The van der Waals surface area contributed by atoms with E-state index in [0.29, 0.717) is 45.9 Å². The van der Waals surface area contributed by atoms with Crippen LogP contribution in [0.4, 0.5) is 0 Å². The van der Waals surface area contributed by atoms with Crippen LogP contribution < -0.4 is 14.9 Å². The number of fused-ring (bicyclic) bond motifs is 1. The highest BCUT2D eigenvalue weighted by Gasteiger charge is 2.15. The highest BCUT2D eigenvalue weighted by atomic mass is 127. The lowest BCUT2D eigenvalue weighted by molar-refractivity contribution is 0.0929. The lowest BCUT2D eigenvalue weighted by Gasteiger charge is -2.14. The van der Waals surface area contributed by atoms with Crippen molar-refractivity contribution in [3.05, 3.63) is 89.6 Å². The van der Waals surface area contributed by atoms with Gasteiger partial charge in [-0.2, -0.15) is 5.10 Å². The summed E-state index contributed by atoms with van der Waals surface area (Å²) in [6.07, 6.45) is 1.47. The van der Waals surface area contributed by atoms with E-state index >= 15 is 0 Å². The lowest BCUT2D eigenvalue weighted by Crippen LogP contribution is -2.16. The number of halogens is 4.